The molecule has 1 aromatic heterocycles. The molecule has 3 aromatic rings. The van der Waals surface area contributed by atoms with Gasteiger partial charge in [-0.15, -0.1) is 0 Å². The minimum atomic E-state index is -0.352. The summed E-state index contributed by atoms with van der Waals surface area (Å²) >= 11 is 3.38. The van der Waals surface area contributed by atoms with Gasteiger partial charge in [-0.3, -0.25) is 9.59 Å². The van der Waals surface area contributed by atoms with Crippen molar-refractivity contribution in [3.8, 4) is 5.69 Å². The van der Waals surface area contributed by atoms with Crippen molar-refractivity contribution in [1.82, 2.24) is 15.1 Å². The highest BCUT2D eigenvalue weighted by atomic mass is 79.9. The average Bonchev–Trinajstić information content (AvgIpc) is 3.13. The van der Waals surface area contributed by atoms with Crippen LogP contribution in [0.2, 0.25) is 0 Å². The molecule has 2 aromatic carbocycles. The van der Waals surface area contributed by atoms with Gasteiger partial charge in [0.05, 0.1) is 24.0 Å². The monoisotopic (exact) mass is 412 g/mol. The van der Waals surface area contributed by atoms with E-state index in [1.54, 1.807) is 10.9 Å². The van der Waals surface area contributed by atoms with Crippen molar-refractivity contribution in [3.05, 3.63) is 76.5 Å². The third-order valence-corrected chi connectivity index (χ3v) is 4.23. The lowest BCUT2D eigenvalue weighted by Gasteiger charge is -2.09. The summed E-state index contributed by atoms with van der Waals surface area (Å²) in [6.07, 6.45) is 3.10. The Kier molecular flexibility index (Phi) is 5.48. The molecule has 6 nitrogen and oxygen atoms in total. The van der Waals surface area contributed by atoms with E-state index in [0.717, 1.165) is 15.7 Å². The van der Waals surface area contributed by atoms with E-state index in [2.05, 4.69) is 31.7 Å². The highest BCUT2D eigenvalue weighted by Gasteiger charge is 2.11. The topological polar surface area (TPSA) is 76.0 Å². The van der Waals surface area contributed by atoms with Gasteiger partial charge in [-0.2, -0.15) is 5.10 Å². The van der Waals surface area contributed by atoms with Crippen LogP contribution in [0.15, 0.2) is 65.4 Å². The predicted octanol–water partition coefficient (Wildman–Crippen LogP) is 3.31. The molecule has 132 valence electrons. The average molecular weight is 413 g/mol. The summed E-state index contributed by atoms with van der Waals surface area (Å²) in [5.41, 5.74) is 2.89. The van der Waals surface area contributed by atoms with Crippen molar-refractivity contribution >= 4 is 33.4 Å². The van der Waals surface area contributed by atoms with Gasteiger partial charge < -0.3 is 10.6 Å². The number of aryl methyl sites for hydroxylation is 1. The zero-order valence-electron chi connectivity index (χ0n) is 14.1. The molecule has 1 heterocycles. The number of benzene rings is 2. The van der Waals surface area contributed by atoms with Crippen LogP contribution in [0, 0.1) is 6.92 Å². The van der Waals surface area contributed by atoms with Gasteiger partial charge in [0.2, 0.25) is 5.91 Å². The van der Waals surface area contributed by atoms with Crippen molar-refractivity contribution in [2.45, 2.75) is 6.92 Å². The van der Waals surface area contributed by atoms with E-state index in [-0.39, 0.29) is 18.4 Å². The second-order valence-corrected chi connectivity index (χ2v) is 6.61. The molecule has 0 aliphatic heterocycles. The van der Waals surface area contributed by atoms with E-state index < -0.39 is 0 Å². The van der Waals surface area contributed by atoms with Crippen molar-refractivity contribution in [3.63, 3.8) is 0 Å². The zero-order chi connectivity index (χ0) is 18.5. The Labute approximate surface area is 159 Å². The Bertz CT molecular complexity index is 938. The summed E-state index contributed by atoms with van der Waals surface area (Å²) in [4.78, 5) is 24.3. The molecule has 3 rings (SSSR count). The van der Waals surface area contributed by atoms with Gasteiger partial charge in [0.25, 0.3) is 5.91 Å². The van der Waals surface area contributed by atoms with Crippen LogP contribution in [0.3, 0.4) is 0 Å². The maximum absolute atomic E-state index is 12.2. The lowest BCUT2D eigenvalue weighted by molar-refractivity contribution is -0.115. The Morgan fingerprint density at radius 2 is 1.92 bits per heavy atom. The molecule has 0 bridgehead atoms. The smallest absolute Gasteiger partial charge is 0.254 e. The Hall–Kier alpha value is -2.93. The van der Waals surface area contributed by atoms with Crippen molar-refractivity contribution < 1.29 is 9.59 Å². The molecule has 0 saturated heterocycles. The summed E-state index contributed by atoms with van der Waals surface area (Å²) in [7, 11) is 0. The number of amides is 2. The number of rotatable bonds is 5. The number of anilines is 1. The first-order valence-corrected chi connectivity index (χ1v) is 8.76. The Morgan fingerprint density at radius 3 is 2.65 bits per heavy atom. The summed E-state index contributed by atoms with van der Waals surface area (Å²) in [6, 6.07) is 15.0. The number of nitrogens with zero attached hydrogens (tertiary/aromatic N) is 2. The number of aromatic nitrogens is 2. The molecule has 0 fully saturated rings. The van der Waals surface area contributed by atoms with E-state index in [9.17, 15) is 9.59 Å². The largest absolute Gasteiger partial charge is 0.343 e. The van der Waals surface area contributed by atoms with Gasteiger partial charge in [-0.05, 0) is 42.8 Å². The highest BCUT2D eigenvalue weighted by Crippen LogP contribution is 2.19. The van der Waals surface area contributed by atoms with Gasteiger partial charge in [-0.1, -0.05) is 34.1 Å². The molecule has 0 atom stereocenters. The molecule has 2 N–H and O–H groups in total. The highest BCUT2D eigenvalue weighted by molar-refractivity contribution is 9.10. The molecule has 0 radical (unpaired) electrons. The number of carbonyl (C=O) groups is 2. The first-order chi connectivity index (χ1) is 12.5. The fraction of sp³-hybridized carbons (Fsp3) is 0.105. The quantitative estimate of drug-likeness (QED) is 0.674. The van der Waals surface area contributed by atoms with Crippen LogP contribution in [0.4, 0.5) is 5.69 Å². The van der Waals surface area contributed by atoms with E-state index in [0.29, 0.717) is 11.3 Å². The fourth-order valence-corrected chi connectivity index (χ4v) is 2.86. The second-order valence-electron chi connectivity index (χ2n) is 5.70. The normalized spacial score (nSPS) is 10.4. The number of carbonyl (C=O) groups excluding carboxylic acids is 2. The molecule has 7 heteroatoms. The van der Waals surface area contributed by atoms with Crippen LogP contribution < -0.4 is 10.6 Å². The van der Waals surface area contributed by atoms with Crippen LogP contribution in [0.1, 0.15) is 15.9 Å². The van der Waals surface area contributed by atoms with E-state index in [1.807, 2.05) is 55.5 Å². The van der Waals surface area contributed by atoms with Crippen LogP contribution >= 0.6 is 15.9 Å². The minimum Gasteiger partial charge on any atom is -0.343 e. The van der Waals surface area contributed by atoms with Gasteiger partial charge in [0.15, 0.2) is 0 Å². The van der Waals surface area contributed by atoms with Gasteiger partial charge >= 0.3 is 0 Å². The first-order valence-electron chi connectivity index (χ1n) is 7.97. The molecular weight excluding hydrogens is 396 g/mol. The summed E-state index contributed by atoms with van der Waals surface area (Å²) in [5.74, 6) is -0.644. The molecule has 0 spiro atoms. The van der Waals surface area contributed by atoms with Gasteiger partial charge in [-0.25, -0.2) is 4.68 Å². The molecule has 2 amide bonds. The maximum Gasteiger partial charge on any atom is 0.254 e. The van der Waals surface area contributed by atoms with E-state index in [1.165, 1.54) is 6.20 Å². The van der Waals surface area contributed by atoms with E-state index in [4.69, 9.17) is 0 Å². The van der Waals surface area contributed by atoms with Crippen LogP contribution in [0.5, 0.6) is 0 Å². The van der Waals surface area contributed by atoms with Crippen LogP contribution in [-0.4, -0.2) is 28.1 Å². The van der Waals surface area contributed by atoms with Crippen molar-refractivity contribution in [1.29, 1.82) is 0 Å². The zero-order valence-corrected chi connectivity index (χ0v) is 15.7. The van der Waals surface area contributed by atoms with E-state index >= 15 is 0 Å². The molecule has 0 saturated carbocycles. The SMILES string of the molecule is Cc1cc(Br)ccc1NC(=O)CNC(=O)c1cnn(-c2ccccc2)c1. The minimum absolute atomic E-state index is 0.120. The van der Waals surface area contributed by atoms with Crippen molar-refractivity contribution in [2.24, 2.45) is 0 Å². The molecule has 0 aliphatic rings. The molecule has 0 unspecified atom stereocenters. The van der Waals surface area contributed by atoms with Crippen molar-refractivity contribution in [2.75, 3.05) is 11.9 Å². The standard InChI is InChI=1S/C19H17BrN4O2/c1-13-9-15(20)7-8-17(13)23-18(25)11-21-19(26)14-10-22-24(12-14)16-5-3-2-4-6-16/h2-10,12H,11H2,1H3,(H,21,26)(H,23,25). The third-order valence-electron chi connectivity index (χ3n) is 3.74. The van der Waals surface area contributed by atoms with Gasteiger partial charge in [0.1, 0.15) is 0 Å². The maximum atomic E-state index is 12.2. The number of hydrogen-bond donors (Lipinski definition) is 2. The Morgan fingerprint density at radius 1 is 1.15 bits per heavy atom. The first kappa shape index (κ1) is 17.9. The lowest BCUT2D eigenvalue weighted by Crippen LogP contribution is -2.32. The molecular formula is C19H17BrN4O2. The molecule has 0 aliphatic carbocycles. The number of halogens is 1. The fourth-order valence-electron chi connectivity index (χ4n) is 2.39. The number of nitrogens with one attached hydrogen (secondary N) is 2. The third kappa shape index (κ3) is 4.37. The number of para-hydroxylation sites is 1. The summed E-state index contributed by atoms with van der Waals surface area (Å²) < 4.78 is 2.55. The van der Waals surface area contributed by atoms with Crippen LogP contribution in [-0.2, 0) is 4.79 Å². The summed E-state index contributed by atoms with van der Waals surface area (Å²) in [6.45, 7) is 1.78. The lowest BCUT2D eigenvalue weighted by atomic mass is 10.2. The van der Waals surface area contributed by atoms with Crippen LogP contribution in [0.25, 0.3) is 5.69 Å². The number of hydrogen-bond acceptors (Lipinski definition) is 3. The van der Waals surface area contributed by atoms with Gasteiger partial charge in [0, 0.05) is 16.4 Å². The molecule has 26 heavy (non-hydrogen) atoms. The second kappa shape index (κ2) is 7.97. The summed E-state index contributed by atoms with van der Waals surface area (Å²) in [5, 5.41) is 9.55. The Balaban J connectivity index is 1.57. The predicted molar refractivity (Wildman–Crippen MR) is 103 cm³/mol.